The summed E-state index contributed by atoms with van der Waals surface area (Å²) in [6.07, 6.45) is 1.74. The zero-order valence-electron chi connectivity index (χ0n) is 11.6. The van der Waals surface area contributed by atoms with Crippen molar-refractivity contribution in [3.8, 4) is 0 Å². The van der Waals surface area contributed by atoms with Crippen LogP contribution in [0.15, 0.2) is 6.20 Å². The van der Waals surface area contributed by atoms with Crippen LogP contribution in [0.5, 0.6) is 0 Å². The van der Waals surface area contributed by atoms with E-state index in [0.29, 0.717) is 24.7 Å². The second-order valence-electron chi connectivity index (χ2n) is 4.75. The van der Waals surface area contributed by atoms with Gasteiger partial charge in [-0.3, -0.25) is 9.89 Å². The van der Waals surface area contributed by atoms with Gasteiger partial charge in [0.2, 0.25) is 11.9 Å². The van der Waals surface area contributed by atoms with E-state index < -0.39 is 0 Å². The Bertz CT molecular complexity index is 630. The molecule has 0 aliphatic carbocycles. The number of rotatable bonds is 2. The molecule has 2 N–H and O–H groups in total. The number of carbonyl (C=O) groups is 1. The molecule has 0 unspecified atom stereocenters. The van der Waals surface area contributed by atoms with E-state index in [1.807, 2.05) is 4.90 Å². The van der Waals surface area contributed by atoms with Gasteiger partial charge < -0.3 is 15.1 Å². The Kier molecular flexibility index (Phi) is 3.13. The average molecular weight is 275 g/mol. The van der Waals surface area contributed by atoms with Crippen LogP contribution in [-0.2, 0) is 4.79 Å². The first kappa shape index (κ1) is 12.6. The van der Waals surface area contributed by atoms with E-state index >= 15 is 0 Å². The van der Waals surface area contributed by atoms with Crippen LogP contribution < -0.4 is 10.2 Å². The Morgan fingerprint density at radius 3 is 2.70 bits per heavy atom. The molecule has 1 aliphatic heterocycles. The van der Waals surface area contributed by atoms with Crippen LogP contribution in [0, 0.1) is 0 Å². The fraction of sp³-hybridized carbons (Fsp3) is 0.500. The summed E-state index contributed by atoms with van der Waals surface area (Å²) >= 11 is 0. The van der Waals surface area contributed by atoms with Crippen molar-refractivity contribution in [1.82, 2.24) is 25.1 Å². The number of nitrogens with zero attached hydrogens (tertiary/aromatic N) is 5. The minimum absolute atomic E-state index is 0.122. The van der Waals surface area contributed by atoms with Crippen molar-refractivity contribution in [3.05, 3.63) is 6.20 Å². The standard InChI is InChI=1S/C12H17N7O/c1-8(20)18-3-5-19(6-4-18)11-9-7-14-17-10(9)15-12(13-2)16-11/h7H,3-6H2,1-2H3,(H2,13,14,15,16,17). The zero-order valence-corrected chi connectivity index (χ0v) is 11.6. The summed E-state index contributed by atoms with van der Waals surface area (Å²) in [7, 11) is 1.79. The molecule has 3 heterocycles. The maximum absolute atomic E-state index is 11.4. The van der Waals surface area contributed by atoms with Crippen molar-refractivity contribution in [2.75, 3.05) is 43.4 Å². The Balaban J connectivity index is 1.90. The second kappa shape index (κ2) is 4.95. The fourth-order valence-electron chi connectivity index (χ4n) is 2.41. The number of hydrogen-bond acceptors (Lipinski definition) is 6. The molecule has 1 aliphatic rings. The molecule has 0 aromatic carbocycles. The maximum Gasteiger partial charge on any atom is 0.226 e. The van der Waals surface area contributed by atoms with Gasteiger partial charge in [0.15, 0.2) is 5.65 Å². The lowest BCUT2D eigenvalue weighted by Crippen LogP contribution is -2.48. The summed E-state index contributed by atoms with van der Waals surface area (Å²) in [5.74, 6) is 1.54. The van der Waals surface area contributed by atoms with Gasteiger partial charge in [-0.15, -0.1) is 0 Å². The molecule has 3 rings (SSSR count). The number of carbonyl (C=O) groups excluding carboxylic acids is 1. The molecule has 0 radical (unpaired) electrons. The van der Waals surface area contributed by atoms with E-state index in [1.54, 1.807) is 20.2 Å². The van der Waals surface area contributed by atoms with Crippen molar-refractivity contribution in [3.63, 3.8) is 0 Å². The SMILES string of the molecule is CNc1nc(N2CCN(C(C)=O)CC2)c2cn[nH]c2n1. The van der Waals surface area contributed by atoms with Gasteiger partial charge in [0, 0.05) is 40.2 Å². The van der Waals surface area contributed by atoms with Crippen LogP contribution >= 0.6 is 0 Å². The molecule has 1 saturated heterocycles. The molecule has 0 bridgehead atoms. The molecule has 8 heteroatoms. The third kappa shape index (κ3) is 2.13. The summed E-state index contributed by atoms with van der Waals surface area (Å²) in [4.78, 5) is 24.2. The minimum Gasteiger partial charge on any atom is -0.357 e. The van der Waals surface area contributed by atoms with Crippen molar-refractivity contribution in [2.24, 2.45) is 0 Å². The first-order valence-electron chi connectivity index (χ1n) is 6.58. The lowest BCUT2D eigenvalue weighted by Gasteiger charge is -2.35. The number of hydrogen-bond donors (Lipinski definition) is 2. The van der Waals surface area contributed by atoms with E-state index in [-0.39, 0.29) is 5.91 Å². The fourth-order valence-corrected chi connectivity index (χ4v) is 2.41. The normalized spacial score (nSPS) is 15.7. The molecular formula is C12H17N7O. The van der Waals surface area contributed by atoms with Crippen LogP contribution in [-0.4, -0.2) is 64.2 Å². The lowest BCUT2D eigenvalue weighted by atomic mass is 10.3. The molecule has 2 aromatic rings. The molecule has 0 saturated carbocycles. The number of aromatic nitrogens is 4. The number of nitrogens with one attached hydrogen (secondary N) is 2. The van der Waals surface area contributed by atoms with Gasteiger partial charge in [0.1, 0.15) is 5.82 Å². The van der Waals surface area contributed by atoms with E-state index in [9.17, 15) is 4.79 Å². The molecule has 1 amide bonds. The van der Waals surface area contributed by atoms with E-state index in [4.69, 9.17) is 0 Å². The van der Waals surface area contributed by atoms with Crippen LogP contribution in [0.3, 0.4) is 0 Å². The van der Waals surface area contributed by atoms with Crippen molar-refractivity contribution < 1.29 is 4.79 Å². The van der Waals surface area contributed by atoms with Crippen LogP contribution in [0.1, 0.15) is 6.92 Å². The van der Waals surface area contributed by atoms with Gasteiger partial charge in [-0.05, 0) is 0 Å². The number of H-pyrrole nitrogens is 1. The predicted molar refractivity (Wildman–Crippen MR) is 75.7 cm³/mol. The van der Waals surface area contributed by atoms with E-state index in [1.165, 1.54) is 0 Å². The first-order chi connectivity index (χ1) is 9.69. The van der Waals surface area contributed by atoms with Crippen LogP contribution in [0.4, 0.5) is 11.8 Å². The Morgan fingerprint density at radius 1 is 1.30 bits per heavy atom. The van der Waals surface area contributed by atoms with Gasteiger partial charge in [-0.1, -0.05) is 0 Å². The van der Waals surface area contributed by atoms with Gasteiger partial charge >= 0.3 is 0 Å². The van der Waals surface area contributed by atoms with Crippen LogP contribution in [0.2, 0.25) is 0 Å². The van der Waals surface area contributed by atoms with Gasteiger partial charge in [0.25, 0.3) is 0 Å². The molecule has 20 heavy (non-hydrogen) atoms. The van der Waals surface area contributed by atoms with Crippen molar-refractivity contribution in [1.29, 1.82) is 0 Å². The smallest absolute Gasteiger partial charge is 0.226 e. The van der Waals surface area contributed by atoms with E-state index in [2.05, 4.69) is 30.4 Å². The molecule has 106 valence electrons. The summed E-state index contributed by atoms with van der Waals surface area (Å²) in [6.45, 7) is 4.56. The molecule has 0 atom stereocenters. The first-order valence-corrected chi connectivity index (χ1v) is 6.58. The van der Waals surface area contributed by atoms with Crippen molar-refractivity contribution >= 4 is 28.7 Å². The van der Waals surface area contributed by atoms with Crippen molar-refractivity contribution in [2.45, 2.75) is 6.92 Å². The highest BCUT2D eigenvalue weighted by Gasteiger charge is 2.22. The summed E-state index contributed by atoms with van der Waals surface area (Å²) in [5, 5.41) is 10.8. The quantitative estimate of drug-likeness (QED) is 0.805. The van der Waals surface area contributed by atoms with Crippen LogP contribution in [0.25, 0.3) is 11.0 Å². The Morgan fingerprint density at radius 2 is 2.05 bits per heavy atom. The maximum atomic E-state index is 11.4. The molecule has 1 fully saturated rings. The topological polar surface area (TPSA) is 90.0 Å². The minimum atomic E-state index is 0.122. The Hall–Kier alpha value is -2.38. The molecule has 2 aromatic heterocycles. The number of fused-ring (bicyclic) bond motifs is 1. The highest BCUT2D eigenvalue weighted by Crippen LogP contribution is 2.24. The summed E-state index contributed by atoms with van der Waals surface area (Å²) < 4.78 is 0. The third-order valence-electron chi connectivity index (χ3n) is 3.54. The lowest BCUT2D eigenvalue weighted by molar-refractivity contribution is -0.129. The monoisotopic (exact) mass is 275 g/mol. The zero-order chi connectivity index (χ0) is 14.1. The predicted octanol–water partition coefficient (Wildman–Crippen LogP) is 0.0631. The van der Waals surface area contributed by atoms with Gasteiger partial charge in [-0.25, -0.2) is 0 Å². The summed E-state index contributed by atoms with van der Waals surface area (Å²) in [5.41, 5.74) is 0.716. The number of aromatic amines is 1. The number of amides is 1. The van der Waals surface area contributed by atoms with E-state index in [0.717, 1.165) is 24.3 Å². The average Bonchev–Trinajstić information content (AvgIpc) is 2.94. The Labute approximate surface area is 116 Å². The second-order valence-corrected chi connectivity index (χ2v) is 4.75. The third-order valence-corrected chi connectivity index (χ3v) is 3.54. The highest BCUT2D eigenvalue weighted by atomic mass is 16.2. The van der Waals surface area contributed by atoms with Gasteiger partial charge in [-0.2, -0.15) is 15.1 Å². The summed E-state index contributed by atoms with van der Waals surface area (Å²) in [6, 6.07) is 0. The van der Waals surface area contributed by atoms with Gasteiger partial charge in [0.05, 0.1) is 11.6 Å². The number of anilines is 2. The largest absolute Gasteiger partial charge is 0.357 e. The molecule has 0 spiro atoms. The highest BCUT2D eigenvalue weighted by molar-refractivity contribution is 5.87. The molecular weight excluding hydrogens is 258 g/mol. The molecule has 8 nitrogen and oxygen atoms in total. The number of piperazine rings is 1.